The van der Waals surface area contributed by atoms with Crippen LogP contribution in [0, 0.1) is 5.92 Å². The molecule has 0 radical (unpaired) electrons. The zero-order valence-electron chi connectivity index (χ0n) is 23.5. The van der Waals surface area contributed by atoms with Crippen LogP contribution in [-0.2, 0) is 11.8 Å². The van der Waals surface area contributed by atoms with Gasteiger partial charge in [-0.05, 0) is 63.1 Å². The summed E-state index contributed by atoms with van der Waals surface area (Å²) in [6, 6.07) is 4.69. The zero-order chi connectivity index (χ0) is 26.4. The Hall–Kier alpha value is -2.46. The van der Waals surface area contributed by atoms with Gasteiger partial charge in [-0.25, -0.2) is 0 Å². The first-order chi connectivity index (χ1) is 16.4. The quantitative estimate of drug-likeness (QED) is 0.605. The van der Waals surface area contributed by atoms with E-state index in [9.17, 15) is 0 Å². The van der Waals surface area contributed by atoms with E-state index in [1.165, 1.54) is 4.80 Å². The maximum absolute atomic E-state index is 5.25. The first kappa shape index (κ1) is 30.6. The third kappa shape index (κ3) is 12.7. The summed E-state index contributed by atoms with van der Waals surface area (Å²) in [5, 5.41) is 22.5. The SMILES string of the molecule is CC(C)(C)N1CCOCC1.CC(C)C1=NN=NC1.CC(C)c1nnn(C)n1.CC(C)n1cccc1. The summed E-state index contributed by atoms with van der Waals surface area (Å²) in [6.07, 6.45) is 4.15. The van der Waals surface area contributed by atoms with Gasteiger partial charge in [0.2, 0.25) is 0 Å². The molecule has 0 amide bonds. The molecule has 2 aliphatic heterocycles. The summed E-state index contributed by atoms with van der Waals surface area (Å²) < 4.78 is 7.42. The minimum Gasteiger partial charge on any atom is -0.379 e. The third-order valence-electron chi connectivity index (χ3n) is 5.36. The molecule has 10 nitrogen and oxygen atoms in total. The van der Waals surface area contributed by atoms with Crippen molar-refractivity contribution in [1.82, 2.24) is 29.7 Å². The van der Waals surface area contributed by atoms with E-state index in [4.69, 9.17) is 4.74 Å². The number of hydrogen-bond donors (Lipinski definition) is 0. The maximum atomic E-state index is 5.25. The fourth-order valence-electron chi connectivity index (χ4n) is 2.98. The van der Waals surface area contributed by atoms with Crippen molar-refractivity contribution in [3.05, 3.63) is 30.4 Å². The first-order valence-electron chi connectivity index (χ1n) is 12.5. The summed E-state index contributed by atoms with van der Waals surface area (Å²) in [6.45, 7) is 24.0. The lowest BCUT2D eigenvalue weighted by atomic mass is 10.1. The highest BCUT2D eigenvalue weighted by Gasteiger charge is 2.22. The molecule has 2 aliphatic rings. The molecule has 1 fully saturated rings. The number of ether oxygens (including phenoxy) is 1. The Morgan fingerprint density at radius 3 is 1.77 bits per heavy atom. The molecule has 0 aromatic carbocycles. The molecule has 2 aromatic heterocycles. The van der Waals surface area contributed by atoms with Crippen LogP contribution in [0.4, 0.5) is 0 Å². The molecule has 4 heterocycles. The molecule has 0 aliphatic carbocycles. The maximum Gasteiger partial charge on any atom is 0.177 e. The van der Waals surface area contributed by atoms with Crippen molar-refractivity contribution in [3.8, 4) is 0 Å². The van der Waals surface area contributed by atoms with Crippen LogP contribution in [0.2, 0.25) is 0 Å². The van der Waals surface area contributed by atoms with Gasteiger partial charge in [-0.2, -0.15) is 9.91 Å². The summed E-state index contributed by atoms with van der Waals surface area (Å²) in [4.78, 5) is 3.92. The lowest BCUT2D eigenvalue weighted by Gasteiger charge is -2.38. The Morgan fingerprint density at radius 1 is 0.914 bits per heavy atom. The highest BCUT2D eigenvalue weighted by molar-refractivity contribution is 5.88. The van der Waals surface area contributed by atoms with Crippen LogP contribution in [0.25, 0.3) is 0 Å². The second-order valence-corrected chi connectivity index (χ2v) is 10.4. The molecule has 0 saturated carbocycles. The highest BCUT2D eigenvalue weighted by atomic mass is 16.5. The van der Waals surface area contributed by atoms with E-state index < -0.39 is 0 Å². The van der Waals surface area contributed by atoms with Crippen molar-refractivity contribution in [3.63, 3.8) is 0 Å². The van der Waals surface area contributed by atoms with Gasteiger partial charge < -0.3 is 9.30 Å². The fourth-order valence-corrected chi connectivity index (χ4v) is 2.98. The molecule has 4 rings (SSSR count). The molecule has 0 bridgehead atoms. The second-order valence-electron chi connectivity index (χ2n) is 10.4. The molecule has 0 spiro atoms. The lowest BCUT2D eigenvalue weighted by molar-refractivity contribution is -0.00389. The van der Waals surface area contributed by atoms with E-state index >= 15 is 0 Å². The molecular weight excluding hydrogens is 442 g/mol. The number of rotatable bonds is 3. The largest absolute Gasteiger partial charge is 0.379 e. The van der Waals surface area contributed by atoms with E-state index in [2.05, 4.69) is 101 Å². The average molecular weight is 490 g/mol. The standard InChI is InChI=1S/C8H17NO.C7H11N.C5H10N4.C5H9N3/c1-8(2,3)9-4-6-10-7-5-9;1-7(2)8-5-3-4-6-8;1-4(2)5-6-8-9(3)7-5;1-4(2)5-3-6-8-7-5/h4-7H2,1-3H3;3-7H,1-2H3;4H,1-3H3;4H,3H2,1-2H3. The van der Waals surface area contributed by atoms with Gasteiger partial charge in [0.25, 0.3) is 0 Å². The van der Waals surface area contributed by atoms with Crippen LogP contribution in [0.5, 0.6) is 0 Å². The first-order valence-corrected chi connectivity index (χ1v) is 12.5. The van der Waals surface area contributed by atoms with E-state index in [0.717, 1.165) is 37.8 Å². The van der Waals surface area contributed by atoms with Crippen LogP contribution >= 0.6 is 0 Å². The minimum absolute atomic E-state index is 0.323. The summed E-state index contributed by atoms with van der Waals surface area (Å²) in [5.41, 5.74) is 1.41. The van der Waals surface area contributed by atoms with E-state index in [1.807, 2.05) is 26.0 Å². The predicted octanol–water partition coefficient (Wildman–Crippen LogP) is 4.98. The van der Waals surface area contributed by atoms with Crippen LogP contribution in [0.15, 0.2) is 40.0 Å². The molecule has 2 aromatic rings. The fraction of sp³-hybridized carbons (Fsp3) is 0.760. The van der Waals surface area contributed by atoms with Crippen molar-refractivity contribution in [1.29, 1.82) is 0 Å². The monoisotopic (exact) mass is 489 g/mol. The number of aromatic nitrogens is 5. The third-order valence-corrected chi connectivity index (χ3v) is 5.36. The lowest BCUT2D eigenvalue weighted by Crippen LogP contribution is -2.47. The van der Waals surface area contributed by atoms with Crippen molar-refractivity contribution >= 4 is 5.71 Å². The van der Waals surface area contributed by atoms with Gasteiger partial charge in [-0.3, -0.25) is 4.90 Å². The predicted molar refractivity (Wildman–Crippen MR) is 142 cm³/mol. The topological polar surface area (TPSA) is 98.1 Å². The van der Waals surface area contributed by atoms with Gasteiger partial charge in [0.15, 0.2) is 5.82 Å². The number of hydrogen-bond acceptors (Lipinski definition) is 8. The number of morpholine rings is 1. The zero-order valence-corrected chi connectivity index (χ0v) is 23.5. The average Bonchev–Trinajstić information content (AvgIpc) is 3.57. The number of nitrogens with zero attached hydrogens (tertiary/aromatic N) is 9. The Balaban J connectivity index is 0.000000234. The van der Waals surface area contributed by atoms with Crippen molar-refractivity contribution in [2.75, 3.05) is 32.8 Å². The van der Waals surface area contributed by atoms with Crippen LogP contribution in [0.1, 0.15) is 80.1 Å². The Morgan fingerprint density at radius 2 is 1.51 bits per heavy atom. The molecule has 0 atom stereocenters. The van der Waals surface area contributed by atoms with Crippen molar-refractivity contribution in [2.45, 2.75) is 79.8 Å². The van der Waals surface area contributed by atoms with Gasteiger partial charge in [0.05, 0.1) is 26.0 Å². The van der Waals surface area contributed by atoms with Gasteiger partial charge in [0.1, 0.15) is 6.54 Å². The molecule has 1 saturated heterocycles. The summed E-state index contributed by atoms with van der Waals surface area (Å²) in [5.74, 6) is 1.68. The van der Waals surface area contributed by atoms with Gasteiger partial charge >= 0.3 is 0 Å². The van der Waals surface area contributed by atoms with E-state index in [1.54, 1.807) is 7.05 Å². The van der Waals surface area contributed by atoms with E-state index in [0.29, 0.717) is 30.0 Å². The molecule has 10 heteroatoms. The Kier molecular flexibility index (Phi) is 13.6. The van der Waals surface area contributed by atoms with Gasteiger partial charge in [-0.15, -0.1) is 15.3 Å². The minimum atomic E-state index is 0.323. The number of tetrazole rings is 1. The second kappa shape index (κ2) is 15.5. The summed E-state index contributed by atoms with van der Waals surface area (Å²) in [7, 11) is 1.76. The van der Waals surface area contributed by atoms with Crippen molar-refractivity contribution in [2.24, 2.45) is 28.4 Å². The van der Waals surface area contributed by atoms with Crippen molar-refractivity contribution < 1.29 is 4.74 Å². The molecule has 198 valence electrons. The van der Waals surface area contributed by atoms with Gasteiger partial charge in [-0.1, -0.05) is 27.7 Å². The van der Waals surface area contributed by atoms with Gasteiger partial charge in [0, 0.05) is 43.0 Å². The molecule has 0 N–H and O–H groups in total. The van der Waals surface area contributed by atoms with Crippen LogP contribution in [0.3, 0.4) is 0 Å². The Bertz CT molecular complexity index is 856. The number of aryl methyl sites for hydroxylation is 1. The molecular formula is C25H47N9O. The molecule has 35 heavy (non-hydrogen) atoms. The molecule has 0 unspecified atom stereocenters. The normalized spacial score (nSPS) is 15.7. The Labute approximate surface area is 211 Å². The smallest absolute Gasteiger partial charge is 0.177 e. The van der Waals surface area contributed by atoms with Crippen LogP contribution in [-0.4, -0.2) is 73.8 Å². The summed E-state index contributed by atoms with van der Waals surface area (Å²) >= 11 is 0. The van der Waals surface area contributed by atoms with Crippen LogP contribution < -0.4 is 0 Å². The van der Waals surface area contributed by atoms with E-state index in [-0.39, 0.29) is 0 Å². The highest BCUT2D eigenvalue weighted by Crippen LogP contribution is 2.14.